The summed E-state index contributed by atoms with van der Waals surface area (Å²) in [5.41, 5.74) is 0. The van der Waals surface area contributed by atoms with Crippen molar-refractivity contribution in [2.24, 2.45) is 0 Å². The lowest BCUT2D eigenvalue weighted by molar-refractivity contribution is -0.302. The average Bonchev–Trinajstić information content (AvgIpc) is 3.21. The Morgan fingerprint density at radius 2 is 1.11 bits per heavy atom. The molecule has 0 aliphatic carbocycles. The number of hydrogen-bond acceptors (Lipinski definition) is 8. The molecule has 1 heterocycles. The molecule has 1 rings (SSSR count). The number of carbonyl (C=O) groups is 1. The van der Waals surface area contributed by atoms with Gasteiger partial charge in [0.15, 0.2) is 6.29 Å². The van der Waals surface area contributed by atoms with Crippen LogP contribution in [0.25, 0.3) is 0 Å². The fourth-order valence-electron chi connectivity index (χ4n) is 5.85. The van der Waals surface area contributed by atoms with Crippen LogP contribution in [0, 0.1) is 0 Å². The number of aliphatic hydroxyl groups excluding tert-OH is 5. The summed E-state index contributed by atoms with van der Waals surface area (Å²) in [7, 11) is 0. The smallest absolute Gasteiger partial charge is 0.220 e. The molecule has 0 aromatic carbocycles. The number of rotatable bonds is 33. The first-order valence-electron chi connectivity index (χ1n) is 21.6. The zero-order valence-electron chi connectivity index (χ0n) is 35.0. The molecule has 1 aliphatic heterocycles. The van der Waals surface area contributed by atoms with Crippen molar-refractivity contribution in [2.45, 2.75) is 172 Å². The van der Waals surface area contributed by atoms with Crippen molar-refractivity contribution < 1.29 is 39.8 Å². The van der Waals surface area contributed by atoms with E-state index in [1.165, 1.54) is 32.1 Å². The highest BCUT2D eigenvalue weighted by molar-refractivity contribution is 5.76. The van der Waals surface area contributed by atoms with Gasteiger partial charge in [0.05, 0.1) is 25.4 Å². The lowest BCUT2D eigenvalue weighted by Crippen LogP contribution is -2.60. The van der Waals surface area contributed by atoms with Gasteiger partial charge in [-0.15, -0.1) is 0 Å². The van der Waals surface area contributed by atoms with Crippen molar-refractivity contribution in [3.05, 3.63) is 109 Å². The van der Waals surface area contributed by atoms with Crippen LogP contribution >= 0.6 is 0 Å². The van der Waals surface area contributed by atoms with E-state index in [-0.39, 0.29) is 18.9 Å². The van der Waals surface area contributed by atoms with E-state index in [4.69, 9.17) is 9.47 Å². The van der Waals surface area contributed by atoms with Gasteiger partial charge < -0.3 is 40.3 Å². The molecule has 0 bridgehead atoms. The van der Waals surface area contributed by atoms with Crippen LogP contribution < -0.4 is 5.32 Å². The molecular weight excluding hydrogens is 719 g/mol. The fraction of sp³-hybridized carbons (Fsp3) is 0.604. The Morgan fingerprint density at radius 3 is 1.65 bits per heavy atom. The summed E-state index contributed by atoms with van der Waals surface area (Å²) < 4.78 is 11.1. The molecule has 1 saturated heterocycles. The van der Waals surface area contributed by atoms with Crippen LogP contribution in [0.1, 0.15) is 129 Å². The highest BCUT2D eigenvalue weighted by Gasteiger charge is 2.44. The minimum absolute atomic E-state index is 0.202. The highest BCUT2D eigenvalue weighted by atomic mass is 16.7. The summed E-state index contributed by atoms with van der Waals surface area (Å²) in [4.78, 5) is 12.9. The van der Waals surface area contributed by atoms with Gasteiger partial charge in [0.25, 0.3) is 0 Å². The Labute approximate surface area is 345 Å². The van der Waals surface area contributed by atoms with Crippen molar-refractivity contribution in [3.8, 4) is 0 Å². The van der Waals surface area contributed by atoms with Gasteiger partial charge in [0.2, 0.25) is 5.91 Å². The van der Waals surface area contributed by atoms with Crippen LogP contribution in [0.2, 0.25) is 0 Å². The summed E-state index contributed by atoms with van der Waals surface area (Å²) in [6.45, 7) is 3.54. The number of amides is 1. The van der Waals surface area contributed by atoms with Crippen molar-refractivity contribution in [2.75, 3.05) is 13.2 Å². The number of allylic oxidation sites excluding steroid dienone is 17. The second-order valence-corrected chi connectivity index (χ2v) is 14.4. The first-order chi connectivity index (χ1) is 27.8. The van der Waals surface area contributed by atoms with E-state index in [0.29, 0.717) is 12.8 Å². The molecule has 0 spiro atoms. The Balaban J connectivity index is 2.51. The van der Waals surface area contributed by atoms with Crippen LogP contribution in [0.5, 0.6) is 0 Å². The number of carbonyl (C=O) groups excluding carboxylic acids is 1. The molecule has 322 valence electrons. The molecule has 1 fully saturated rings. The molecule has 0 aromatic rings. The van der Waals surface area contributed by atoms with Crippen molar-refractivity contribution in [1.82, 2.24) is 5.32 Å². The molecule has 1 amide bonds. The zero-order chi connectivity index (χ0) is 41.6. The van der Waals surface area contributed by atoms with Crippen molar-refractivity contribution in [1.29, 1.82) is 0 Å². The molecule has 0 saturated carbocycles. The quantitative estimate of drug-likeness (QED) is 0.0286. The van der Waals surface area contributed by atoms with E-state index in [2.05, 4.69) is 104 Å². The maximum Gasteiger partial charge on any atom is 0.220 e. The predicted octanol–water partition coefficient (Wildman–Crippen LogP) is 8.72. The van der Waals surface area contributed by atoms with Crippen LogP contribution in [0.3, 0.4) is 0 Å². The molecule has 7 unspecified atom stereocenters. The molecule has 57 heavy (non-hydrogen) atoms. The maximum atomic E-state index is 12.9. The Kier molecular flexibility index (Phi) is 33.8. The number of nitrogens with one attached hydrogen (secondary N) is 1. The third kappa shape index (κ3) is 28.0. The molecule has 1 aliphatic rings. The molecule has 0 aromatic heterocycles. The van der Waals surface area contributed by atoms with E-state index in [1.807, 2.05) is 18.2 Å². The van der Waals surface area contributed by atoms with Crippen LogP contribution in [0.15, 0.2) is 109 Å². The third-order valence-corrected chi connectivity index (χ3v) is 9.32. The molecule has 7 atom stereocenters. The molecule has 9 heteroatoms. The van der Waals surface area contributed by atoms with E-state index < -0.39 is 49.5 Å². The van der Waals surface area contributed by atoms with Crippen LogP contribution in [-0.2, 0) is 14.3 Å². The second kappa shape index (κ2) is 37.1. The van der Waals surface area contributed by atoms with Gasteiger partial charge in [-0.25, -0.2) is 0 Å². The lowest BCUT2D eigenvalue weighted by atomic mass is 9.99. The highest BCUT2D eigenvalue weighted by Crippen LogP contribution is 2.22. The first-order valence-corrected chi connectivity index (χ1v) is 21.6. The largest absolute Gasteiger partial charge is 0.394 e. The predicted molar refractivity (Wildman–Crippen MR) is 234 cm³/mol. The van der Waals surface area contributed by atoms with Gasteiger partial charge in [-0.3, -0.25) is 4.79 Å². The van der Waals surface area contributed by atoms with Crippen molar-refractivity contribution >= 4 is 5.91 Å². The van der Waals surface area contributed by atoms with Gasteiger partial charge >= 0.3 is 0 Å². The number of aliphatic hydroxyl groups is 5. The van der Waals surface area contributed by atoms with Gasteiger partial charge in [0.1, 0.15) is 24.4 Å². The minimum atomic E-state index is -1.59. The van der Waals surface area contributed by atoms with Crippen LogP contribution in [0.4, 0.5) is 0 Å². The fourth-order valence-corrected chi connectivity index (χ4v) is 5.85. The van der Waals surface area contributed by atoms with E-state index in [0.717, 1.165) is 64.2 Å². The van der Waals surface area contributed by atoms with Crippen LogP contribution in [-0.4, -0.2) is 87.5 Å². The Hall–Kier alpha value is -3.15. The minimum Gasteiger partial charge on any atom is -0.394 e. The molecular formula is C48H77NO8. The van der Waals surface area contributed by atoms with Gasteiger partial charge in [0, 0.05) is 6.42 Å². The monoisotopic (exact) mass is 796 g/mol. The topological polar surface area (TPSA) is 149 Å². The van der Waals surface area contributed by atoms with Gasteiger partial charge in [-0.05, 0) is 83.5 Å². The summed E-state index contributed by atoms with van der Waals surface area (Å²) in [5, 5.41) is 54.0. The second-order valence-electron chi connectivity index (χ2n) is 14.4. The third-order valence-electron chi connectivity index (χ3n) is 9.32. The first kappa shape index (κ1) is 51.9. The number of ether oxygens (including phenoxy) is 2. The Bertz CT molecular complexity index is 1250. The molecule has 9 nitrogen and oxygen atoms in total. The van der Waals surface area contributed by atoms with E-state index in [9.17, 15) is 30.3 Å². The SMILES string of the molecule is CC/C=C\C/C=C\C/C=C\C/C=C\C/C=C\C/C=C\CCC(=O)NC(COC1OC(CO)C(O)C(O)C1O)C(O)/C=C/CC/C=C/CC/C=C/CCCCCCC. The average molecular weight is 796 g/mol. The molecule has 0 radical (unpaired) electrons. The standard InChI is InChI=1S/C48H77NO8/c1-3-5-7-9-11-13-15-17-19-20-21-22-24-26-28-30-32-34-36-38-44(52)49-41(40-56-48-47(55)46(54)45(53)43(39-50)57-48)42(51)37-35-33-31-29-27-25-23-18-16-14-12-10-8-6-4-2/h5,7,11,13,16-19,21-22,26-29,32,34-35,37,41-43,45-48,50-51,53-55H,3-4,6,8-10,12,14-15,20,23-25,30-31,33,36,38-40H2,1-2H3,(H,49,52)/b7-5-,13-11-,18-16+,19-17-,22-21-,28-26-,29-27+,34-32-,37-35+. The maximum absolute atomic E-state index is 12.9. The Morgan fingerprint density at radius 1 is 0.614 bits per heavy atom. The lowest BCUT2D eigenvalue weighted by Gasteiger charge is -2.40. The van der Waals surface area contributed by atoms with E-state index in [1.54, 1.807) is 6.08 Å². The van der Waals surface area contributed by atoms with Crippen molar-refractivity contribution in [3.63, 3.8) is 0 Å². The number of hydrogen-bond donors (Lipinski definition) is 6. The summed E-state index contributed by atoms with van der Waals surface area (Å²) in [6.07, 6.45) is 47.1. The summed E-state index contributed by atoms with van der Waals surface area (Å²) in [5.74, 6) is -0.280. The van der Waals surface area contributed by atoms with Gasteiger partial charge in [-0.2, -0.15) is 0 Å². The van der Waals surface area contributed by atoms with E-state index >= 15 is 0 Å². The normalized spacial score (nSPS) is 22.1. The van der Waals surface area contributed by atoms with Gasteiger partial charge in [-0.1, -0.05) is 149 Å². The summed E-state index contributed by atoms with van der Waals surface area (Å²) in [6, 6.07) is -0.875. The number of unbranched alkanes of at least 4 members (excludes halogenated alkanes) is 7. The molecule has 6 N–H and O–H groups in total. The zero-order valence-corrected chi connectivity index (χ0v) is 35.0. The summed E-state index contributed by atoms with van der Waals surface area (Å²) >= 11 is 0.